The molecule has 4 unspecified atom stereocenters. The van der Waals surface area contributed by atoms with Crippen LogP contribution in [0, 0.1) is 46.3 Å². The summed E-state index contributed by atoms with van der Waals surface area (Å²) < 4.78 is 0. The van der Waals surface area contributed by atoms with Crippen LogP contribution in [0.4, 0.5) is 0 Å². The molecule has 3 heteroatoms. The second kappa shape index (κ2) is 2.25. The number of carbonyl (C=O) groups is 1. The number of hydrogen-bond donors (Lipinski definition) is 0. The maximum absolute atomic E-state index is 11.6. The van der Waals surface area contributed by atoms with Gasteiger partial charge in [-0.3, -0.25) is 4.79 Å². The van der Waals surface area contributed by atoms with Gasteiger partial charge in [0.1, 0.15) is 23.5 Å². The van der Waals surface area contributed by atoms with E-state index in [-0.39, 0.29) is 29.2 Å². The van der Waals surface area contributed by atoms with Crippen molar-refractivity contribution >= 4 is 5.78 Å². The zero-order chi connectivity index (χ0) is 9.87. The number of Topliss-reactive ketones (excluding diaryl/α,β-unsaturated/α-hetero) is 1. The van der Waals surface area contributed by atoms with E-state index in [9.17, 15) is 4.79 Å². The summed E-state index contributed by atoms with van der Waals surface area (Å²) in [6.45, 7) is 0. The third-order valence-electron chi connectivity index (χ3n) is 4.03. The molecule has 0 aromatic rings. The molecule has 14 heavy (non-hydrogen) atoms. The molecule has 0 aromatic carbocycles. The largest absolute Gasteiger partial charge is 0.299 e. The first-order chi connectivity index (χ1) is 6.77. The first-order valence-corrected chi connectivity index (χ1v) is 4.86. The van der Waals surface area contributed by atoms with Gasteiger partial charge in [-0.1, -0.05) is 0 Å². The average Bonchev–Trinajstić information content (AvgIpc) is 2.87. The average molecular weight is 184 g/mol. The lowest BCUT2D eigenvalue weighted by Crippen LogP contribution is -2.15. The fourth-order valence-electron chi connectivity index (χ4n) is 3.60. The maximum Gasteiger partial charge on any atom is 0.140 e. The van der Waals surface area contributed by atoms with Crippen LogP contribution in [0.25, 0.3) is 0 Å². The Labute approximate surface area is 81.6 Å². The Bertz CT molecular complexity index is 411. The van der Waals surface area contributed by atoms with Gasteiger partial charge < -0.3 is 0 Å². The van der Waals surface area contributed by atoms with Crippen molar-refractivity contribution in [1.29, 1.82) is 10.5 Å². The Hall–Kier alpha value is -1.61. The molecular weight excluding hydrogens is 176 g/mol. The predicted octanol–water partition coefficient (Wildman–Crippen LogP) is 1.19. The van der Waals surface area contributed by atoms with Crippen LogP contribution in [-0.2, 0) is 4.79 Å². The summed E-state index contributed by atoms with van der Waals surface area (Å²) in [6, 6.07) is 3.92. The monoisotopic (exact) mass is 184 g/mol. The van der Waals surface area contributed by atoms with Crippen LogP contribution in [0.2, 0.25) is 0 Å². The third-order valence-corrected chi connectivity index (χ3v) is 4.03. The number of hydrogen-bond acceptors (Lipinski definition) is 3. The van der Waals surface area contributed by atoms with E-state index in [1.165, 1.54) is 0 Å². The standard InChI is InChI=1S/C11H8N2O/c12-3-5(4-13)10-6-1-8-7(10)2-9(6)11(8)14/h6-9H,1-2H2. The van der Waals surface area contributed by atoms with Crippen molar-refractivity contribution in [3.05, 3.63) is 11.1 Å². The molecule has 4 atom stereocenters. The summed E-state index contributed by atoms with van der Waals surface area (Å²) in [4.78, 5) is 11.6. The zero-order valence-electron chi connectivity index (χ0n) is 7.53. The van der Waals surface area contributed by atoms with E-state index in [0.29, 0.717) is 5.78 Å². The molecule has 0 saturated heterocycles. The van der Waals surface area contributed by atoms with Crippen LogP contribution in [0.1, 0.15) is 12.8 Å². The normalized spacial score (nSPS) is 41.6. The summed E-state index contributed by atoms with van der Waals surface area (Å²) in [5, 5.41) is 17.6. The molecule has 4 saturated carbocycles. The van der Waals surface area contributed by atoms with Crippen molar-refractivity contribution in [2.45, 2.75) is 12.8 Å². The lowest BCUT2D eigenvalue weighted by atomic mass is 9.91. The molecule has 4 aliphatic carbocycles. The van der Waals surface area contributed by atoms with E-state index in [1.807, 2.05) is 12.1 Å². The molecule has 0 amide bonds. The van der Waals surface area contributed by atoms with E-state index in [2.05, 4.69) is 0 Å². The minimum atomic E-state index is 0.150. The highest BCUT2D eigenvalue weighted by Crippen LogP contribution is 2.64. The second-order valence-corrected chi connectivity index (χ2v) is 4.35. The molecule has 0 N–H and O–H groups in total. The quantitative estimate of drug-likeness (QED) is 0.531. The lowest BCUT2D eigenvalue weighted by molar-refractivity contribution is -0.122. The predicted molar refractivity (Wildman–Crippen MR) is 46.5 cm³/mol. The Kier molecular flexibility index (Phi) is 1.25. The third kappa shape index (κ3) is 0.622. The molecule has 0 aliphatic heterocycles. The smallest absolute Gasteiger partial charge is 0.140 e. The van der Waals surface area contributed by atoms with E-state index >= 15 is 0 Å². The number of carbonyl (C=O) groups excluding carboxylic acids is 1. The van der Waals surface area contributed by atoms with Crippen LogP contribution < -0.4 is 0 Å². The minimum absolute atomic E-state index is 0.150. The van der Waals surface area contributed by atoms with Crippen LogP contribution in [0.3, 0.4) is 0 Å². The zero-order valence-corrected chi connectivity index (χ0v) is 7.53. The van der Waals surface area contributed by atoms with Crippen LogP contribution in [0.15, 0.2) is 11.1 Å². The summed E-state index contributed by atoms with van der Waals surface area (Å²) in [5.41, 5.74) is 1.28. The topological polar surface area (TPSA) is 64.7 Å². The van der Waals surface area contributed by atoms with Crippen molar-refractivity contribution in [3.8, 4) is 12.1 Å². The number of nitriles is 2. The van der Waals surface area contributed by atoms with E-state index in [4.69, 9.17) is 10.5 Å². The van der Waals surface area contributed by atoms with Crippen molar-refractivity contribution in [3.63, 3.8) is 0 Å². The van der Waals surface area contributed by atoms with Crippen molar-refractivity contribution in [1.82, 2.24) is 0 Å². The van der Waals surface area contributed by atoms with E-state index in [1.54, 1.807) is 0 Å². The lowest BCUT2D eigenvalue weighted by Gasteiger charge is -2.11. The van der Waals surface area contributed by atoms with Gasteiger partial charge in [0, 0.05) is 11.8 Å². The Morgan fingerprint density at radius 2 is 1.57 bits per heavy atom. The molecule has 0 radical (unpaired) electrons. The van der Waals surface area contributed by atoms with Gasteiger partial charge in [0.25, 0.3) is 0 Å². The van der Waals surface area contributed by atoms with Gasteiger partial charge in [0.15, 0.2) is 0 Å². The molecule has 0 heterocycles. The molecule has 4 aliphatic rings. The SMILES string of the molecule is N#CC(C#N)=C1C2CC3C(=O)C2CC13. The summed E-state index contributed by atoms with van der Waals surface area (Å²) >= 11 is 0. The molecular formula is C11H8N2O. The number of rotatable bonds is 0. The molecule has 0 spiro atoms. The molecule has 4 rings (SSSR count). The van der Waals surface area contributed by atoms with Crippen molar-refractivity contribution in [2.75, 3.05) is 0 Å². The fourth-order valence-corrected chi connectivity index (χ4v) is 3.60. The van der Waals surface area contributed by atoms with Gasteiger partial charge in [0.05, 0.1) is 0 Å². The Balaban J connectivity index is 2.14. The summed E-state index contributed by atoms with van der Waals surface area (Å²) in [7, 11) is 0. The molecule has 3 nitrogen and oxygen atoms in total. The number of nitrogens with zero attached hydrogens (tertiary/aromatic N) is 2. The number of ketones is 1. The van der Waals surface area contributed by atoms with Crippen molar-refractivity contribution in [2.24, 2.45) is 23.7 Å². The van der Waals surface area contributed by atoms with Crippen molar-refractivity contribution < 1.29 is 4.79 Å². The van der Waals surface area contributed by atoms with Gasteiger partial charge in [-0.05, 0) is 30.3 Å². The molecule has 4 bridgehead atoms. The van der Waals surface area contributed by atoms with Gasteiger partial charge in [0.2, 0.25) is 0 Å². The van der Waals surface area contributed by atoms with Crippen LogP contribution in [-0.4, -0.2) is 5.78 Å². The van der Waals surface area contributed by atoms with Gasteiger partial charge in [-0.15, -0.1) is 0 Å². The van der Waals surface area contributed by atoms with Gasteiger partial charge >= 0.3 is 0 Å². The maximum atomic E-state index is 11.6. The Morgan fingerprint density at radius 1 is 1.07 bits per heavy atom. The Morgan fingerprint density at radius 3 is 1.93 bits per heavy atom. The highest BCUT2D eigenvalue weighted by Gasteiger charge is 2.63. The van der Waals surface area contributed by atoms with Gasteiger partial charge in [-0.25, -0.2) is 0 Å². The van der Waals surface area contributed by atoms with Crippen LogP contribution >= 0.6 is 0 Å². The summed E-state index contributed by atoms with van der Waals surface area (Å²) in [6.07, 6.45) is 1.80. The molecule has 0 aromatic heterocycles. The van der Waals surface area contributed by atoms with E-state index in [0.717, 1.165) is 18.4 Å². The highest BCUT2D eigenvalue weighted by atomic mass is 16.1. The first-order valence-electron chi connectivity index (χ1n) is 4.86. The summed E-state index contributed by atoms with van der Waals surface area (Å²) in [5.74, 6) is 1.17. The van der Waals surface area contributed by atoms with Crippen LogP contribution in [0.5, 0.6) is 0 Å². The fraction of sp³-hybridized carbons (Fsp3) is 0.545. The van der Waals surface area contributed by atoms with E-state index < -0.39 is 0 Å². The number of allylic oxidation sites excluding steroid dienone is 2. The highest BCUT2D eigenvalue weighted by molar-refractivity contribution is 5.92. The molecule has 4 fully saturated rings. The first kappa shape index (κ1) is 7.76. The van der Waals surface area contributed by atoms with Gasteiger partial charge in [-0.2, -0.15) is 10.5 Å². The molecule has 68 valence electrons. The minimum Gasteiger partial charge on any atom is -0.299 e. The second-order valence-electron chi connectivity index (χ2n) is 4.35.